The molecular weight excluding hydrogens is 511 g/mol. The number of halogens is 3. The van der Waals surface area contributed by atoms with E-state index in [1.54, 1.807) is 24.7 Å². The fourth-order valence-corrected chi connectivity index (χ4v) is 4.40. The molecule has 0 radical (unpaired) electrons. The van der Waals surface area contributed by atoms with Gasteiger partial charge >= 0.3 is 6.36 Å². The average molecular weight is 534 g/mol. The summed E-state index contributed by atoms with van der Waals surface area (Å²) in [6.07, 6.45) is -1.40. The Balaban J connectivity index is 1.32. The number of aromatic nitrogens is 2. The minimum absolute atomic E-state index is 0.276. The van der Waals surface area contributed by atoms with Gasteiger partial charge in [0.2, 0.25) is 0 Å². The van der Waals surface area contributed by atoms with Crippen molar-refractivity contribution in [3.05, 3.63) is 95.8 Å². The van der Waals surface area contributed by atoms with Gasteiger partial charge in [-0.05, 0) is 84.5 Å². The lowest BCUT2D eigenvalue weighted by Gasteiger charge is -2.12. The number of alkyl halides is 3. The molecule has 5 rings (SSSR count). The van der Waals surface area contributed by atoms with E-state index in [-0.39, 0.29) is 5.75 Å². The Morgan fingerprint density at radius 2 is 1.74 bits per heavy atom. The molecule has 0 saturated heterocycles. The van der Waals surface area contributed by atoms with E-state index in [1.807, 2.05) is 66.9 Å². The van der Waals surface area contributed by atoms with E-state index in [9.17, 15) is 13.2 Å². The largest absolute Gasteiger partial charge is 0.573 e. The van der Waals surface area contributed by atoms with Gasteiger partial charge < -0.3 is 10.1 Å². The van der Waals surface area contributed by atoms with E-state index in [1.165, 1.54) is 12.1 Å². The van der Waals surface area contributed by atoms with Crippen LogP contribution in [0.15, 0.2) is 84.2 Å². The molecule has 6 nitrogen and oxygen atoms in total. The maximum atomic E-state index is 12.5. The second-order valence-corrected chi connectivity index (χ2v) is 9.07. The molecule has 0 spiro atoms. The number of benzene rings is 4. The number of anilines is 1. The zero-order valence-electron chi connectivity index (χ0n) is 20.4. The Labute approximate surface area is 221 Å². The van der Waals surface area contributed by atoms with Crippen molar-refractivity contribution in [1.29, 1.82) is 0 Å². The fraction of sp³-hybridized carbons (Fsp3) is 0.107. The van der Waals surface area contributed by atoms with Crippen molar-refractivity contribution >= 4 is 51.0 Å². The number of nitrogens with one attached hydrogen (secondary N) is 2. The number of aryl methyl sites for hydroxylation is 2. The van der Waals surface area contributed by atoms with Crippen molar-refractivity contribution in [2.75, 3.05) is 5.32 Å². The summed E-state index contributed by atoms with van der Waals surface area (Å²) in [5, 5.41) is 9.75. The Morgan fingerprint density at radius 3 is 2.45 bits per heavy atom. The molecule has 0 saturated carbocycles. The molecule has 0 atom stereocenters. The lowest BCUT2D eigenvalue weighted by Crippen LogP contribution is -2.24. The summed E-state index contributed by atoms with van der Waals surface area (Å²) in [6.45, 7) is 4.03. The molecule has 4 aromatic carbocycles. The smallest absolute Gasteiger partial charge is 0.406 e. The summed E-state index contributed by atoms with van der Waals surface area (Å²) < 4.78 is 43.1. The Morgan fingerprint density at radius 1 is 1.00 bits per heavy atom. The first-order chi connectivity index (χ1) is 18.2. The molecule has 192 valence electrons. The number of rotatable bonds is 5. The molecule has 0 unspecified atom stereocenters. The minimum Gasteiger partial charge on any atom is -0.406 e. The average Bonchev–Trinajstić information content (AvgIpc) is 3.30. The maximum absolute atomic E-state index is 12.5. The lowest BCUT2D eigenvalue weighted by atomic mass is 10.1. The van der Waals surface area contributed by atoms with Crippen LogP contribution in [0.5, 0.6) is 5.75 Å². The van der Waals surface area contributed by atoms with Crippen LogP contribution in [0, 0.1) is 13.8 Å². The van der Waals surface area contributed by atoms with Crippen LogP contribution >= 0.6 is 12.2 Å². The third kappa shape index (κ3) is 5.45. The first-order valence-electron chi connectivity index (χ1n) is 11.6. The lowest BCUT2D eigenvalue weighted by molar-refractivity contribution is -0.274. The number of fused-ring (bicyclic) bond motifs is 3. The molecule has 0 aliphatic carbocycles. The monoisotopic (exact) mass is 533 g/mol. The molecule has 0 bridgehead atoms. The normalized spacial score (nSPS) is 11.8. The van der Waals surface area contributed by atoms with Crippen LogP contribution in [0.2, 0.25) is 0 Å². The van der Waals surface area contributed by atoms with Crippen LogP contribution in [0.25, 0.3) is 27.5 Å². The number of nitrogens with zero attached hydrogens (tertiary/aromatic N) is 3. The Hall–Kier alpha value is -4.44. The molecule has 2 N–H and O–H groups in total. The molecular formula is C28H22F3N5OS. The first-order valence-corrected chi connectivity index (χ1v) is 12.0. The molecule has 10 heteroatoms. The van der Waals surface area contributed by atoms with Gasteiger partial charge in [-0.1, -0.05) is 36.4 Å². The van der Waals surface area contributed by atoms with Gasteiger partial charge in [-0.15, -0.1) is 13.2 Å². The van der Waals surface area contributed by atoms with Crippen molar-refractivity contribution in [1.82, 2.24) is 15.0 Å². The second-order valence-electron chi connectivity index (χ2n) is 8.66. The van der Waals surface area contributed by atoms with Crippen LogP contribution < -0.4 is 15.5 Å². The summed E-state index contributed by atoms with van der Waals surface area (Å²) in [5.41, 5.74) is 9.14. The highest BCUT2D eigenvalue weighted by atomic mass is 32.1. The van der Waals surface area contributed by atoms with Gasteiger partial charge in [0.25, 0.3) is 0 Å². The van der Waals surface area contributed by atoms with Crippen LogP contribution in [-0.4, -0.2) is 27.2 Å². The van der Waals surface area contributed by atoms with Crippen molar-refractivity contribution in [2.45, 2.75) is 20.2 Å². The molecule has 1 aromatic heterocycles. The molecule has 5 aromatic rings. The first kappa shape index (κ1) is 25.2. The summed E-state index contributed by atoms with van der Waals surface area (Å²) in [4.78, 5) is 4.55. The zero-order valence-corrected chi connectivity index (χ0v) is 21.2. The number of imidazole rings is 1. The SMILES string of the molecule is Cc1cccc(C)c1NC(=S)NN=Cc1ccc2c(ccc3c2ncn3-c2ccc(OC(F)(F)F)cc2)c1. The number of thiocarbonyl (C=S) groups is 1. The van der Waals surface area contributed by atoms with Crippen LogP contribution in [-0.2, 0) is 0 Å². The maximum Gasteiger partial charge on any atom is 0.573 e. The summed E-state index contributed by atoms with van der Waals surface area (Å²) in [7, 11) is 0. The van der Waals surface area contributed by atoms with Crippen LogP contribution in [0.4, 0.5) is 18.9 Å². The Kier molecular flexibility index (Phi) is 6.73. The van der Waals surface area contributed by atoms with E-state index in [4.69, 9.17) is 12.2 Å². The number of hydrazone groups is 1. The third-order valence-corrected chi connectivity index (χ3v) is 6.20. The molecule has 0 aliphatic rings. The summed E-state index contributed by atoms with van der Waals surface area (Å²) in [5.74, 6) is -0.276. The molecule has 38 heavy (non-hydrogen) atoms. The highest BCUT2D eigenvalue weighted by Gasteiger charge is 2.31. The van der Waals surface area contributed by atoms with Crippen LogP contribution in [0.1, 0.15) is 16.7 Å². The topological polar surface area (TPSA) is 63.5 Å². The van der Waals surface area contributed by atoms with Gasteiger partial charge in [-0.25, -0.2) is 4.98 Å². The van der Waals surface area contributed by atoms with E-state index in [0.29, 0.717) is 10.8 Å². The molecule has 1 heterocycles. The second kappa shape index (κ2) is 10.1. The number of hydrogen-bond acceptors (Lipinski definition) is 4. The van der Waals surface area contributed by atoms with Gasteiger partial charge in [0.05, 0.1) is 17.2 Å². The predicted molar refractivity (Wildman–Crippen MR) is 148 cm³/mol. The molecule has 0 fully saturated rings. The van der Waals surface area contributed by atoms with Crippen LogP contribution in [0.3, 0.4) is 0 Å². The highest BCUT2D eigenvalue weighted by molar-refractivity contribution is 7.80. The van der Waals surface area contributed by atoms with E-state index < -0.39 is 6.36 Å². The predicted octanol–water partition coefficient (Wildman–Crippen LogP) is 7.01. The number of ether oxygens (including phenoxy) is 1. The van der Waals surface area contributed by atoms with E-state index in [2.05, 4.69) is 25.6 Å². The van der Waals surface area contributed by atoms with Gasteiger partial charge in [-0.3, -0.25) is 9.99 Å². The minimum atomic E-state index is -4.73. The van der Waals surface area contributed by atoms with E-state index in [0.717, 1.165) is 44.2 Å². The third-order valence-electron chi connectivity index (χ3n) is 6.00. The number of hydrogen-bond donors (Lipinski definition) is 2. The standard InChI is InChI=1S/C28H22F3N5OS/c1-17-4-3-5-18(2)25(17)34-27(38)35-33-15-19-6-12-23-20(14-19)7-13-24-26(23)32-16-36(24)21-8-10-22(11-9-21)37-28(29,30)31/h3-16H,1-2H3,(H2,34,35,38). The fourth-order valence-electron chi connectivity index (χ4n) is 4.24. The van der Waals surface area contributed by atoms with Gasteiger partial charge in [0.1, 0.15) is 12.1 Å². The quantitative estimate of drug-likeness (QED) is 0.145. The van der Waals surface area contributed by atoms with Crippen molar-refractivity contribution in [2.24, 2.45) is 5.10 Å². The highest BCUT2D eigenvalue weighted by Crippen LogP contribution is 2.29. The van der Waals surface area contributed by atoms with Gasteiger partial charge in [-0.2, -0.15) is 5.10 Å². The van der Waals surface area contributed by atoms with Crippen molar-refractivity contribution in [3.8, 4) is 11.4 Å². The van der Waals surface area contributed by atoms with Gasteiger partial charge in [0, 0.05) is 16.8 Å². The van der Waals surface area contributed by atoms with Crippen molar-refractivity contribution < 1.29 is 17.9 Å². The zero-order chi connectivity index (χ0) is 26.9. The van der Waals surface area contributed by atoms with Gasteiger partial charge in [0.15, 0.2) is 5.11 Å². The molecule has 0 amide bonds. The summed E-state index contributed by atoms with van der Waals surface area (Å²) in [6, 6.07) is 21.5. The number of para-hydroxylation sites is 1. The Bertz CT molecular complexity index is 1660. The summed E-state index contributed by atoms with van der Waals surface area (Å²) >= 11 is 5.37. The molecule has 0 aliphatic heterocycles. The van der Waals surface area contributed by atoms with Crippen molar-refractivity contribution in [3.63, 3.8) is 0 Å². The van der Waals surface area contributed by atoms with E-state index >= 15 is 0 Å².